The van der Waals surface area contributed by atoms with Crippen molar-refractivity contribution in [2.45, 2.75) is 9.79 Å². The molecule has 9 nitrogen and oxygen atoms in total. The second-order valence-electron chi connectivity index (χ2n) is 6.78. The van der Waals surface area contributed by atoms with Crippen LogP contribution in [0.5, 0.6) is 0 Å². The molecule has 0 fully saturated rings. The minimum absolute atomic E-state index is 0.0197. The number of halogens is 2. The summed E-state index contributed by atoms with van der Waals surface area (Å²) in [5.74, 6) is -0.0148. The van der Waals surface area contributed by atoms with E-state index in [0.29, 0.717) is 16.7 Å². The van der Waals surface area contributed by atoms with E-state index in [4.69, 9.17) is 28.3 Å². The van der Waals surface area contributed by atoms with Crippen LogP contribution >= 0.6 is 23.2 Å². The molecule has 0 radical (unpaired) electrons. The van der Waals surface area contributed by atoms with Crippen LogP contribution in [0.1, 0.15) is 0 Å². The van der Waals surface area contributed by atoms with E-state index in [1.807, 2.05) is 0 Å². The second kappa shape index (κ2) is 8.76. The molecule has 0 aliphatic heterocycles. The van der Waals surface area contributed by atoms with Crippen LogP contribution in [-0.4, -0.2) is 26.8 Å². The van der Waals surface area contributed by atoms with Gasteiger partial charge in [-0.25, -0.2) is 31.9 Å². The highest BCUT2D eigenvalue weighted by Gasteiger charge is 2.22. The Hall–Kier alpha value is -2.96. The molecule has 4 aromatic rings. The number of fused-ring (bicyclic) bond motifs is 1. The first-order chi connectivity index (χ1) is 15.5. The number of nitrogens with one attached hydrogen (secondary N) is 2. The van der Waals surface area contributed by atoms with Crippen LogP contribution in [0.3, 0.4) is 0 Å². The number of primary sulfonamides is 1. The minimum Gasteiger partial charge on any atom is -0.337 e. The Kier molecular flexibility index (Phi) is 6.16. The highest BCUT2D eigenvalue weighted by molar-refractivity contribution is 7.92. The van der Waals surface area contributed by atoms with Gasteiger partial charge in [-0.2, -0.15) is 0 Å². The number of hydrogen-bond acceptors (Lipinski definition) is 7. The zero-order valence-corrected chi connectivity index (χ0v) is 19.7. The maximum Gasteiger partial charge on any atom is 0.264 e. The summed E-state index contributed by atoms with van der Waals surface area (Å²) in [6.07, 6.45) is 0. The third kappa shape index (κ3) is 5.18. The van der Waals surface area contributed by atoms with Gasteiger partial charge in [-0.05, 0) is 54.6 Å². The fourth-order valence-electron chi connectivity index (χ4n) is 2.89. The zero-order chi connectivity index (χ0) is 23.8. The van der Waals surface area contributed by atoms with Gasteiger partial charge in [0.25, 0.3) is 10.0 Å². The van der Waals surface area contributed by atoms with Crippen molar-refractivity contribution in [1.29, 1.82) is 0 Å². The Labute approximate surface area is 199 Å². The minimum atomic E-state index is -4.18. The highest BCUT2D eigenvalue weighted by Crippen LogP contribution is 2.30. The molecule has 13 heteroatoms. The van der Waals surface area contributed by atoms with Gasteiger partial charge in [0.1, 0.15) is 4.90 Å². The first-order valence-corrected chi connectivity index (χ1v) is 13.0. The Morgan fingerprint density at radius 3 is 2.00 bits per heavy atom. The molecule has 1 aromatic heterocycles. The highest BCUT2D eigenvalue weighted by atomic mass is 35.5. The third-order valence-electron chi connectivity index (χ3n) is 4.43. The average molecular weight is 524 g/mol. The van der Waals surface area contributed by atoms with Gasteiger partial charge in [0.15, 0.2) is 11.6 Å². The van der Waals surface area contributed by atoms with Crippen LogP contribution in [-0.2, 0) is 20.0 Å². The molecule has 4 N–H and O–H groups in total. The predicted octanol–water partition coefficient (Wildman–Crippen LogP) is 4.13. The van der Waals surface area contributed by atoms with Crippen LogP contribution in [0.4, 0.5) is 17.3 Å². The van der Waals surface area contributed by atoms with Gasteiger partial charge in [-0.1, -0.05) is 35.3 Å². The van der Waals surface area contributed by atoms with Crippen LogP contribution < -0.4 is 15.2 Å². The van der Waals surface area contributed by atoms with Gasteiger partial charge in [0.05, 0.1) is 21.0 Å². The molecular weight excluding hydrogens is 509 g/mol. The first kappa shape index (κ1) is 23.2. The molecule has 0 amide bonds. The lowest BCUT2D eigenvalue weighted by Crippen LogP contribution is -2.16. The van der Waals surface area contributed by atoms with Crippen molar-refractivity contribution in [2.75, 3.05) is 10.0 Å². The summed E-state index contributed by atoms with van der Waals surface area (Å²) in [5.41, 5.74) is 1.38. The number of nitrogens with two attached hydrogens (primary N) is 1. The standard InChI is InChI=1S/C20H15Cl2N5O4S2/c21-12-5-10-15(22)18(11-12)33(30,31)27-20-19(25-16-3-1-2-4-17(16)26-20)24-13-6-8-14(9-7-13)32(23,28)29/h1-11H,(H,24,25)(H,26,27)(H2,23,28,29). The SMILES string of the molecule is NS(=O)(=O)c1ccc(Nc2nc3ccccc3nc2NS(=O)(=O)c2cc(Cl)ccc2Cl)cc1. The summed E-state index contributed by atoms with van der Waals surface area (Å²) in [4.78, 5) is 8.54. The van der Waals surface area contributed by atoms with E-state index >= 15 is 0 Å². The number of rotatable bonds is 6. The van der Waals surface area contributed by atoms with Gasteiger partial charge in [0.2, 0.25) is 10.0 Å². The Bertz CT molecular complexity index is 1580. The lowest BCUT2D eigenvalue weighted by atomic mass is 10.3. The van der Waals surface area contributed by atoms with Gasteiger partial charge in [-0.3, -0.25) is 4.72 Å². The van der Waals surface area contributed by atoms with Gasteiger partial charge in [0, 0.05) is 10.7 Å². The number of sulfonamides is 2. The largest absolute Gasteiger partial charge is 0.337 e. The van der Waals surface area contributed by atoms with Crippen LogP contribution in [0.25, 0.3) is 11.0 Å². The first-order valence-electron chi connectivity index (χ1n) is 9.17. The predicted molar refractivity (Wildman–Crippen MR) is 128 cm³/mol. The van der Waals surface area contributed by atoms with E-state index in [-0.39, 0.29) is 31.5 Å². The van der Waals surface area contributed by atoms with Crippen LogP contribution in [0, 0.1) is 0 Å². The molecule has 33 heavy (non-hydrogen) atoms. The van der Waals surface area contributed by atoms with Gasteiger partial charge in [-0.15, -0.1) is 0 Å². The lowest BCUT2D eigenvalue weighted by molar-refractivity contribution is 0.597. The Morgan fingerprint density at radius 1 is 0.788 bits per heavy atom. The molecule has 0 unspecified atom stereocenters. The second-order valence-corrected chi connectivity index (χ2v) is 10.8. The lowest BCUT2D eigenvalue weighted by Gasteiger charge is -2.14. The maximum atomic E-state index is 13.0. The van der Waals surface area contributed by atoms with Crippen molar-refractivity contribution >= 4 is 71.6 Å². The Balaban J connectivity index is 1.77. The molecule has 170 valence electrons. The zero-order valence-electron chi connectivity index (χ0n) is 16.5. The number of aromatic nitrogens is 2. The molecule has 1 heterocycles. The van der Waals surface area contributed by atoms with Crippen molar-refractivity contribution in [1.82, 2.24) is 9.97 Å². The molecule has 0 spiro atoms. The quantitative estimate of drug-likeness (QED) is 0.344. The number of hydrogen-bond donors (Lipinski definition) is 3. The number of nitrogens with zero attached hydrogens (tertiary/aromatic N) is 2. The van der Waals surface area contributed by atoms with Crippen molar-refractivity contribution in [3.63, 3.8) is 0 Å². The summed E-state index contributed by atoms with van der Waals surface area (Å²) in [7, 11) is -8.04. The van der Waals surface area contributed by atoms with Gasteiger partial charge < -0.3 is 5.32 Å². The van der Waals surface area contributed by atoms with E-state index < -0.39 is 20.0 Å². The summed E-state index contributed by atoms with van der Waals surface area (Å²) in [6.45, 7) is 0. The summed E-state index contributed by atoms with van der Waals surface area (Å²) >= 11 is 12.0. The molecule has 4 rings (SSSR count). The van der Waals surface area contributed by atoms with Crippen LogP contribution in [0.2, 0.25) is 10.0 Å². The third-order valence-corrected chi connectivity index (χ3v) is 7.41. The van der Waals surface area contributed by atoms with Crippen molar-refractivity contribution in [3.05, 3.63) is 76.8 Å². The topological polar surface area (TPSA) is 144 Å². The molecule has 0 atom stereocenters. The van der Waals surface area contributed by atoms with E-state index in [2.05, 4.69) is 20.0 Å². The Morgan fingerprint density at radius 2 is 1.39 bits per heavy atom. The van der Waals surface area contributed by atoms with Crippen LogP contribution in [0.15, 0.2) is 76.5 Å². The average Bonchev–Trinajstić information content (AvgIpc) is 2.75. The summed E-state index contributed by atoms with van der Waals surface area (Å²) in [6, 6.07) is 16.5. The number of benzene rings is 3. The molecule has 0 aliphatic rings. The molecular formula is C20H15Cl2N5O4S2. The van der Waals surface area contributed by atoms with Crippen molar-refractivity contribution in [2.24, 2.45) is 5.14 Å². The van der Waals surface area contributed by atoms with E-state index in [1.165, 1.54) is 42.5 Å². The normalized spacial score (nSPS) is 12.0. The molecule has 3 aromatic carbocycles. The smallest absolute Gasteiger partial charge is 0.264 e. The summed E-state index contributed by atoms with van der Waals surface area (Å²) < 4.78 is 51.4. The number of para-hydroxylation sites is 2. The van der Waals surface area contributed by atoms with E-state index in [9.17, 15) is 16.8 Å². The summed E-state index contributed by atoms with van der Waals surface area (Å²) in [5, 5.41) is 8.25. The van der Waals surface area contributed by atoms with Crippen molar-refractivity contribution < 1.29 is 16.8 Å². The molecule has 0 saturated heterocycles. The maximum absolute atomic E-state index is 13.0. The monoisotopic (exact) mass is 523 g/mol. The van der Waals surface area contributed by atoms with E-state index in [1.54, 1.807) is 24.3 Å². The molecule has 0 bridgehead atoms. The number of anilines is 3. The molecule has 0 aliphatic carbocycles. The molecule has 0 saturated carbocycles. The van der Waals surface area contributed by atoms with E-state index in [0.717, 1.165) is 0 Å². The fraction of sp³-hybridized carbons (Fsp3) is 0. The van der Waals surface area contributed by atoms with Gasteiger partial charge >= 0.3 is 0 Å². The van der Waals surface area contributed by atoms with Crippen molar-refractivity contribution in [3.8, 4) is 0 Å². The fourth-order valence-corrected chi connectivity index (χ4v) is 5.18.